The molecule has 2 saturated carbocycles. The van der Waals surface area contributed by atoms with Crippen molar-refractivity contribution >= 4 is 26.9 Å². The third kappa shape index (κ3) is 5.07. The standard InChI is InChI=1S/C18H32BI/c1-2-3-6-15-18(16-11-7-4-8-12-16)19(20)17-13-9-5-10-14-17/h15-17H,2-14H2,1H3/b18-15-. The van der Waals surface area contributed by atoms with E-state index >= 15 is 0 Å². The number of allylic oxidation sites excluding steroid dienone is 2. The molecule has 2 heteroatoms. The van der Waals surface area contributed by atoms with Crippen molar-refractivity contribution in [2.24, 2.45) is 5.92 Å². The van der Waals surface area contributed by atoms with E-state index in [2.05, 4.69) is 35.4 Å². The summed E-state index contributed by atoms with van der Waals surface area (Å²) in [4.78, 5) is 0. The molecule has 0 aliphatic heterocycles. The second-order valence-corrected chi connectivity index (χ2v) is 8.32. The van der Waals surface area contributed by atoms with Crippen molar-refractivity contribution in [3.63, 3.8) is 0 Å². The Morgan fingerprint density at radius 2 is 1.60 bits per heavy atom. The molecule has 0 bridgehead atoms. The fourth-order valence-corrected chi connectivity index (χ4v) is 5.59. The van der Waals surface area contributed by atoms with Crippen LogP contribution in [0.25, 0.3) is 0 Å². The molecule has 0 aromatic heterocycles. The molecule has 0 aromatic rings. The van der Waals surface area contributed by atoms with Gasteiger partial charge in [0.2, 0.25) is 4.57 Å². The van der Waals surface area contributed by atoms with Crippen LogP contribution in [0.2, 0.25) is 5.82 Å². The summed E-state index contributed by atoms with van der Waals surface area (Å²) in [6, 6.07) is 0. The summed E-state index contributed by atoms with van der Waals surface area (Å²) in [5.41, 5.74) is 1.87. The zero-order valence-electron chi connectivity index (χ0n) is 13.4. The fourth-order valence-electron chi connectivity index (χ4n) is 4.11. The highest BCUT2D eigenvalue weighted by molar-refractivity contribution is 14.1. The van der Waals surface area contributed by atoms with Crippen molar-refractivity contribution in [1.82, 2.24) is 0 Å². The SMILES string of the molecule is CCCC/C=C(\B(I)C1CCCCC1)C1CCCCC1. The van der Waals surface area contributed by atoms with E-state index in [1.165, 1.54) is 83.5 Å². The van der Waals surface area contributed by atoms with Gasteiger partial charge in [-0.3, -0.25) is 0 Å². The van der Waals surface area contributed by atoms with E-state index in [9.17, 15) is 0 Å². The Morgan fingerprint density at radius 1 is 1.00 bits per heavy atom. The lowest BCUT2D eigenvalue weighted by atomic mass is 9.50. The molecule has 0 aromatic carbocycles. The van der Waals surface area contributed by atoms with Crippen LogP contribution in [-0.2, 0) is 0 Å². The van der Waals surface area contributed by atoms with Gasteiger partial charge in [-0.1, -0.05) is 82.7 Å². The number of unbranched alkanes of at least 4 members (excludes halogenated alkanes) is 2. The maximum absolute atomic E-state index is 2.81. The molecule has 0 heterocycles. The minimum atomic E-state index is 0.841. The average molecular weight is 386 g/mol. The molecule has 0 radical (unpaired) electrons. The largest absolute Gasteiger partial charge is 0.249 e. The number of halogens is 1. The highest BCUT2D eigenvalue weighted by Crippen LogP contribution is 2.41. The predicted molar refractivity (Wildman–Crippen MR) is 101 cm³/mol. The Hall–Kier alpha value is 0.535. The van der Waals surface area contributed by atoms with Crippen LogP contribution in [0.5, 0.6) is 0 Å². The molecule has 0 spiro atoms. The molecule has 0 unspecified atom stereocenters. The second kappa shape index (κ2) is 9.53. The molecule has 2 rings (SSSR count). The Bertz CT molecular complexity index is 288. The van der Waals surface area contributed by atoms with Crippen LogP contribution in [0.4, 0.5) is 0 Å². The first kappa shape index (κ1) is 16.9. The van der Waals surface area contributed by atoms with Gasteiger partial charge in [-0.15, -0.1) is 22.4 Å². The quantitative estimate of drug-likeness (QED) is 0.262. The zero-order chi connectivity index (χ0) is 14.2. The van der Waals surface area contributed by atoms with E-state index in [1.54, 1.807) is 0 Å². The lowest BCUT2D eigenvalue weighted by Gasteiger charge is -2.32. The molecular formula is C18H32BI. The third-order valence-corrected chi connectivity index (χ3v) is 7.13. The van der Waals surface area contributed by atoms with Gasteiger partial charge in [0.25, 0.3) is 0 Å². The minimum Gasteiger partial charge on any atom is -0.143 e. The average Bonchev–Trinajstić information content (AvgIpc) is 2.53. The van der Waals surface area contributed by atoms with Crippen LogP contribution in [-0.4, -0.2) is 4.57 Å². The van der Waals surface area contributed by atoms with E-state index < -0.39 is 0 Å². The van der Waals surface area contributed by atoms with Crippen molar-refractivity contribution in [2.75, 3.05) is 0 Å². The highest BCUT2D eigenvalue weighted by Gasteiger charge is 2.32. The Balaban J connectivity index is 2.01. The van der Waals surface area contributed by atoms with Crippen molar-refractivity contribution in [2.45, 2.75) is 96.2 Å². The first-order valence-electron chi connectivity index (χ1n) is 9.17. The van der Waals surface area contributed by atoms with Crippen LogP contribution in [0.15, 0.2) is 11.5 Å². The van der Waals surface area contributed by atoms with Gasteiger partial charge in [0.1, 0.15) is 0 Å². The van der Waals surface area contributed by atoms with Crippen molar-refractivity contribution in [3.8, 4) is 0 Å². The normalized spacial score (nSPS) is 23.0. The van der Waals surface area contributed by atoms with Crippen molar-refractivity contribution in [3.05, 3.63) is 11.5 Å². The molecule has 2 aliphatic rings. The smallest absolute Gasteiger partial charge is 0.143 e. The molecule has 0 N–H and O–H groups in total. The maximum Gasteiger partial charge on any atom is 0.249 e. The molecule has 114 valence electrons. The molecular weight excluding hydrogens is 354 g/mol. The third-order valence-electron chi connectivity index (χ3n) is 5.40. The van der Waals surface area contributed by atoms with Gasteiger partial charge in [0.15, 0.2) is 0 Å². The van der Waals surface area contributed by atoms with E-state index in [4.69, 9.17) is 0 Å². The minimum absolute atomic E-state index is 0.841. The summed E-state index contributed by atoms with van der Waals surface area (Å²) in [7, 11) is 0. The molecule has 0 atom stereocenters. The molecule has 0 nitrogen and oxygen atoms in total. The van der Waals surface area contributed by atoms with Crippen LogP contribution >= 0.6 is 22.4 Å². The summed E-state index contributed by atoms with van der Waals surface area (Å²) >= 11 is 2.81. The number of hydrogen-bond acceptors (Lipinski definition) is 0. The van der Waals surface area contributed by atoms with Gasteiger partial charge in [0.05, 0.1) is 0 Å². The molecule has 20 heavy (non-hydrogen) atoms. The fraction of sp³-hybridized carbons (Fsp3) is 0.889. The first-order valence-corrected chi connectivity index (χ1v) is 10.4. The van der Waals surface area contributed by atoms with E-state index in [0.717, 1.165) is 16.3 Å². The highest BCUT2D eigenvalue weighted by atomic mass is 127. The van der Waals surface area contributed by atoms with Gasteiger partial charge in [-0.25, -0.2) is 0 Å². The lowest BCUT2D eigenvalue weighted by Crippen LogP contribution is -2.25. The van der Waals surface area contributed by atoms with Crippen LogP contribution in [0.1, 0.15) is 90.4 Å². The van der Waals surface area contributed by atoms with Gasteiger partial charge in [0, 0.05) is 0 Å². The maximum atomic E-state index is 2.81. The van der Waals surface area contributed by atoms with E-state index in [0.29, 0.717) is 0 Å². The molecule has 0 amide bonds. The van der Waals surface area contributed by atoms with Crippen molar-refractivity contribution in [1.29, 1.82) is 0 Å². The molecule has 0 saturated heterocycles. The van der Waals surface area contributed by atoms with Crippen LogP contribution in [0, 0.1) is 5.92 Å². The van der Waals surface area contributed by atoms with Gasteiger partial charge in [-0.05, 0) is 31.0 Å². The summed E-state index contributed by atoms with van der Waals surface area (Å²) < 4.78 is 0.841. The summed E-state index contributed by atoms with van der Waals surface area (Å²) in [6.45, 7) is 2.32. The number of rotatable bonds is 6. The molecule has 2 aliphatic carbocycles. The van der Waals surface area contributed by atoms with Gasteiger partial charge < -0.3 is 0 Å². The van der Waals surface area contributed by atoms with Crippen molar-refractivity contribution < 1.29 is 0 Å². The topological polar surface area (TPSA) is 0 Å². The van der Waals surface area contributed by atoms with Crippen LogP contribution < -0.4 is 0 Å². The van der Waals surface area contributed by atoms with Gasteiger partial charge in [-0.2, -0.15) is 0 Å². The summed E-state index contributed by atoms with van der Waals surface area (Å²) in [6.07, 6.45) is 21.5. The van der Waals surface area contributed by atoms with Crippen LogP contribution in [0.3, 0.4) is 0 Å². The van der Waals surface area contributed by atoms with E-state index in [-0.39, 0.29) is 0 Å². The lowest BCUT2D eigenvalue weighted by molar-refractivity contribution is 0.410. The summed E-state index contributed by atoms with van der Waals surface area (Å²) in [5, 5.41) is 0. The Kier molecular flexibility index (Phi) is 8.05. The first-order chi connectivity index (χ1) is 9.83. The monoisotopic (exact) mass is 386 g/mol. The van der Waals surface area contributed by atoms with E-state index in [1.807, 2.05) is 5.47 Å². The second-order valence-electron chi connectivity index (χ2n) is 6.98. The molecule has 2 fully saturated rings. The van der Waals surface area contributed by atoms with Gasteiger partial charge >= 0.3 is 0 Å². The Morgan fingerprint density at radius 3 is 2.20 bits per heavy atom. The predicted octanol–water partition coefficient (Wildman–Crippen LogP) is 6.98. The summed E-state index contributed by atoms with van der Waals surface area (Å²) in [5.74, 6) is 1.92. The zero-order valence-corrected chi connectivity index (χ0v) is 15.5. The number of hydrogen-bond donors (Lipinski definition) is 0. The Labute approximate surface area is 140 Å².